The average molecular weight is 488 g/mol. The molecule has 0 spiro atoms. The van der Waals surface area contributed by atoms with Crippen molar-refractivity contribution in [2.75, 3.05) is 33.7 Å². The molecule has 1 saturated heterocycles. The van der Waals surface area contributed by atoms with Crippen LogP contribution in [-0.2, 0) is 11.3 Å². The van der Waals surface area contributed by atoms with Crippen LogP contribution in [0, 0.1) is 13.8 Å². The Hall–Kier alpha value is -2.98. The van der Waals surface area contributed by atoms with Gasteiger partial charge in [-0.1, -0.05) is 11.8 Å². The smallest absolute Gasteiger partial charge is 0.277 e. The number of aromatic nitrogens is 3. The summed E-state index contributed by atoms with van der Waals surface area (Å²) in [4.78, 5) is 13.0. The van der Waals surface area contributed by atoms with Crippen LogP contribution in [-0.4, -0.2) is 60.3 Å². The van der Waals surface area contributed by atoms with Gasteiger partial charge in [0.2, 0.25) is 11.6 Å². The number of benzene rings is 1. The normalized spacial score (nSPS) is 15.5. The zero-order valence-electron chi connectivity index (χ0n) is 20.0. The fourth-order valence-corrected chi connectivity index (χ4v) is 4.80. The van der Waals surface area contributed by atoms with Crippen LogP contribution < -0.4 is 14.2 Å². The summed E-state index contributed by atoms with van der Waals surface area (Å²) in [6.45, 7) is 5.59. The van der Waals surface area contributed by atoms with E-state index in [0.717, 1.165) is 37.4 Å². The van der Waals surface area contributed by atoms with Gasteiger partial charge in [0.05, 0.1) is 33.2 Å². The van der Waals surface area contributed by atoms with Gasteiger partial charge in [-0.2, -0.15) is 0 Å². The van der Waals surface area contributed by atoms with E-state index in [-0.39, 0.29) is 17.6 Å². The number of methoxy groups -OCH3 is 3. The van der Waals surface area contributed by atoms with Crippen molar-refractivity contribution in [1.82, 2.24) is 14.8 Å². The van der Waals surface area contributed by atoms with E-state index in [2.05, 4.69) is 14.8 Å². The molecule has 2 aromatic heterocycles. The van der Waals surface area contributed by atoms with Crippen LogP contribution >= 0.6 is 11.8 Å². The number of Topliss-reactive ketones (excluding diaryl/α,β-unsaturated/α-hetero) is 1. The highest BCUT2D eigenvalue weighted by Gasteiger charge is 2.22. The fourth-order valence-electron chi connectivity index (χ4n) is 4.15. The highest BCUT2D eigenvalue weighted by atomic mass is 32.2. The van der Waals surface area contributed by atoms with Crippen LogP contribution in [0.15, 0.2) is 27.8 Å². The lowest BCUT2D eigenvalue weighted by Gasteiger charge is -2.14. The molecule has 3 aromatic rings. The Morgan fingerprint density at radius 1 is 1.12 bits per heavy atom. The first-order valence-electron chi connectivity index (χ1n) is 11.0. The van der Waals surface area contributed by atoms with Crippen LogP contribution in [0.4, 0.5) is 0 Å². The molecule has 0 N–H and O–H groups in total. The van der Waals surface area contributed by atoms with Crippen LogP contribution in [0.25, 0.3) is 11.5 Å². The third kappa shape index (κ3) is 4.92. The first-order valence-corrected chi connectivity index (χ1v) is 12.0. The minimum Gasteiger partial charge on any atom is -0.493 e. The third-order valence-electron chi connectivity index (χ3n) is 5.93. The van der Waals surface area contributed by atoms with E-state index < -0.39 is 0 Å². The minimum atomic E-state index is 0.0178. The number of hydrogen-bond acceptors (Lipinski definition) is 9. The maximum absolute atomic E-state index is 13.0. The van der Waals surface area contributed by atoms with Gasteiger partial charge in [0.1, 0.15) is 0 Å². The summed E-state index contributed by atoms with van der Waals surface area (Å²) in [7, 11) is 4.62. The van der Waals surface area contributed by atoms with Crippen LogP contribution in [0.1, 0.15) is 34.6 Å². The summed E-state index contributed by atoms with van der Waals surface area (Å²) in [5, 5.41) is 8.51. The predicted molar refractivity (Wildman–Crippen MR) is 127 cm³/mol. The molecule has 0 bridgehead atoms. The summed E-state index contributed by atoms with van der Waals surface area (Å²) in [5.41, 5.74) is 3.36. The number of nitrogens with zero attached hydrogens (tertiary/aromatic N) is 3. The molecule has 0 unspecified atom stereocenters. The predicted octanol–water partition coefficient (Wildman–Crippen LogP) is 4.33. The van der Waals surface area contributed by atoms with Crippen LogP contribution in [0.2, 0.25) is 0 Å². The second-order valence-electron chi connectivity index (χ2n) is 8.03. The molecule has 10 heteroatoms. The Labute approximate surface area is 202 Å². The van der Waals surface area contributed by atoms with E-state index in [1.165, 1.54) is 11.8 Å². The first-order chi connectivity index (χ1) is 16.4. The Balaban J connectivity index is 1.45. The molecule has 0 aliphatic carbocycles. The Kier molecular flexibility index (Phi) is 7.47. The lowest BCUT2D eigenvalue weighted by atomic mass is 10.2. The van der Waals surface area contributed by atoms with Gasteiger partial charge in [0, 0.05) is 35.7 Å². The maximum Gasteiger partial charge on any atom is 0.277 e. The van der Waals surface area contributed by atoms with Crippen LogP contribution in [0.5, 0.6) is 17.2 Å². The highest BCUT2D eigenvalue weighted by Crippen LogP contribution is 2.41. The van der Waals surface area contributed by atoms with Crippen LogP contribution in [0.3, 0.4) is 0 Å². The van der Waals surface area contributed by atoms with Gasteiger partial charge >= 0.3 is 0 Å². The van der Waals surface area contributed by atoms with E-state index >= 15 is 0 Å². The molecule has 1 aliphatic rings. The number of aryl methyl sites for hydroxylation is 1. The number of hydrogen-bond donors (Lipinski definition) is 0. The van der Waals surface area contributed by atoms with E-state index in [4.69, 9.17) is 23.4 Å². The Morgan fingerprint density at radius 3 is 2.47 bits per heavy atom. The quantitative estimate of drug-likeness (QED) is 0.306. The lowest BCUT2D eigenvalue weighted by Crippen LogP contribution is -2.17. The summed E-state index contributed by atoms with van der Waals surface area (Å²) < 4.78 is 29.8. The minimum absolute atomic E-state index is 0.0178. The number of thioether (sulfide) groups is 1. The van der Waals surface area contributed by atoms with Crippen molar-refractivity contribution in [1.29, 1.82) is 0 Å². The zero-order valence-corrected chi connectivity index (χ0v) is 20.9. The highest BCUT2D eigenvalue weighted by molar-refractivity contribution is 7.99. The molecule has 1 fully saturated rings. The van der Waals surface area contributed by atoms with Crippen molar-refractivity contribution < 1.29 is 28.2 Å². The number of rotatable bonds is 10. The van der Waals surface area contributed by atoms with E-state index in [9.17, 15) is 4.79 Å². The van der Waals surface area contributed by atoms with Crippen molar-refractivity contribution >= 4 is 17.5 Å². The van der Waals surface area contributed by atoms with E-state index in [0.29, 0.717) is 39.5 Å². The molecule has 0 radical (unpaired) electrons. The molecule has 3 heterocycles. The molecule has 1 aromatic carbocycles. The number of carbonyl (C=O) groups is 1. The molecule has 182 valence electrons. The van der Waals surface area contributed by atoms with Crippen molar-refractivity contribution in [3.8, 4) is 28.7 Å². The SMILES string of the molecule is COc1cc(-c2nnc(SCC(=O)c3cc(C)n(C[C@H]4CCCO4)c3C)o2)cc(OC)c1OC. The van der Waals surface area contributed by atoms with Gasteiger partial charge in [-0.05, 0) is 44.9 Å². The van der Waals surface area contributed by atoms with Crippen molar-refractivity contribution in [3.63, 3.8) is 0 Å². The second-order valence-corrected chi connectivity index (χ2v) is 8.96. The van der Waals surface area contributed by atoms with Gasteiger partial charge in [0.15, 0.2) is 17.3 Å². The largest absolute Gasteiger partial charge is 0.493 e. The average Bonchev–Trinajstić information content (AvgIpc) is 3.59. The van der Waals surface area contributed by atoms with Crippen molar-refractivity contribution in [2.24, 2.45) is 0 Å². The Morgan fingerprint density at radius 2 is 1.85 bits per heavy atom. The van der Waals surface area contributed by atoms with Gasteiger partial charge in [0.25, 0.3) is 5.22 Å². The third-order valence-corrected chi connectivity index (χ3v) is 6.75. The standard InChI is InChI=1S/C24H29N3O6S/c1-14-9-18(15(2)27(14)12-17-7-6-8-32-17)19(28)13-34-24-26-25-23(33-24)16-10-20(29-3)22(31-5)21(11-16)30-4/h9-11,17H,6-8,12-13H2,1-5H3/t17-/m1/s1. The molecular formula is C24H29N3O6S. The fraction of sp³-hybridized carbons (Fsp3) is 0.458. The second kappa shape index (κ2) is 10.5. The lowest BCUT2D eigenvalue weighted by molar-refractivity contribution is 0.0957. The molecule has 0 saturated carbocycles. The topological polar surface area (TPSA) is 97.8 Å². The van der Waals surface area contributed by atoms with Gasteiger partial charge < -0.3 is 27.9 Å². The van der Waals surface area contributed by atoms with E-state index in [1.54, 1.807) is 33.5 Å². The maximum atomic E-state index is 13.0. The monoisotopic (exact) mass is 487 g/mol. The van der Waals surface area contributed by atoms with E-state index in [1.807, 2.05) is 19.9 Å². The van der Waals surface area contributed by atoms with Gasteiger partial charge in [-0.15, -0.1) is 10.2 Å². The Bertz CT molecular complexity index is 1140. The molecule has 1 aliphatic heterocycles. The first kappa shape index (κ1) is 24.2. The molecule has 4 rings (SSSR count). The summed E-state index contributed by atoms with van der Waals surface area (Å²) in [5.74, 6) is 1.95. The summed E-state index contributed by atoms with van der Waals surface area (Å²) in [6.07, 6.45) is 2.37. The molecule has 9 nitrogen and oxygen atoms in total. The number of ether oxygens (including phenoxy) is 4. The number of ketones is 1. The van der Waals surface area contributed by atoms with Crippen molar-refractivity contribution in [2.45, 2.75) is 44.6 Å². The molecular weight excluding hydrogens is 458 g/mol. The zero-order chi connectivity index (χ0) is 24.2. The van der Waals surface area contributed by atoms with Gasteiger partial charge in [-0.3, -0.25) is 4.79 Å². The summed E-state index contributed by atoms with van der Waals surface area (Å²) >= 11 is 1.21. The molecule has 1 atom stereocenters. The number of carbonyl (C=O) groups excluding carboxylic acids is 1. The molecule has 34 heavy (non-hydrogen) atoms. The van der Waals surface area contributed by atoms with Gasteiger partial charge in [-0.25, -0.2) is 0 Å². The summed E-state index contributed by atoms with van der Waals surface area (Å²) in [6, 6.07) is 5.41. The molecule has 0 amide bonds. The van der Waals surface area contributed by atoms with Crippen molar-refractivity contribution in [3.05, 3.63) is 35.2 Å².